The minimum Gasteiger partial charge on any atom is -0.462 e. The van der Waals surface area contributed by atoms with Gasteiger partial charge in [0.1, 0.15) is 6.10 Å². The second kappa shape index (κ2) is 13.4. The van der Waals surface area contributed by atoms with Crippen LogP contribution in [0, 0.1) is 65.1 Å². The molecule has 1 amide bonds. The normalized spacial score (nSPS) is 38.7. The Labute approximate surface area is 250 Å². The molecule has 4 fully saturated rings. The van der Waals surface area contributed by atoms with Crippen LogP contribution in [0.15, 0.2) is 0 Å². The first-order chi connectivity index (χ1) is 19.2. The molecular weight excluding hydrogens is 538 g/mol. The van der Waals surface area contributed by atoms with Gasteiger partial charge in [0.25, 0.3) is 10.1 Å². The van der Waals surface area contributed by atoms with Crippen molar-refractivity contribution >= 4 is 22.0 Å². The quantitative estimate of drug-likeness (QED) is 0.187. The predicted octanol–water partition coefficient (Wildman–Crippen LogP) is 5.92. The summed E-state index contributed by atoms with van der Waals surface area (Å²) < 4.78 is 34.0. The standard InChI is InChI=1S/C31H53NO6S.C2H2/c1-20-12-14-30(4)23(18-20)19-27(38-22(3)33)29-25-10-9-24(31(25,5)15-13-26(29)30)21(2)8-11-28(34)32(6)16-17-39(35,36)37-7;1-2/h20-21,23-27,29H,8-19H2,1-7H3;1-2H/t20-,21-,23+,24-,25+,26+,27-,29+,30+,31-;/m1./s1. The van der Waals surface area contributed by atoms with E-state index in [1.807, 2.05) is 0 Å². The van der Waals surface area contributed by atoms with Crippen molar-refractivity contribution in [1.29, 1.82) is 0 Å². The molecule has 0 unspecified atom stereocenters. The highest BCUT2D eigenvalue weighted by molar-refractivity contribution is 7.86. The summed E-state index contributed by atoms with van der Waals surface area (Å²) in [6.45, 7) is 11.5. The van der Waals surface area contributed by atoms with Crippen molar-refractivity contribution in [2.75, 3.05) is 26.5 Å². The van der Waals surface area contributed by atoms with E-state index in [1.165, 1.54) is 49.8 Å². The molecule has 0 aromatic carbocycles. The highest BCUT2D eigenvalue weighted by atomic mass is 32.2. The Balaban J connectivity index is 0.00000226. The number of hydrogen-bond donors (Lipinski definition) is 0. The summed E-state index contributed by atoms with van der Waals surface area (Å²) in [6.07, 6.45) is 19.0. The van der Waals surface area contributed by atoms with Gasteiger partial charge >= 0.3 is 5.97 Å². The van der Waals surface area contributed by atoms with Crippen molar-refractivity contribution in [2.24, 2.45) is 52.3 Å². The van der Waals surface area contributed by atoms with Crippen molar-refractivity contribution in [1.82, 2.24) is 4.90 Å². The van der Waals surface area contributed by atoms with Gasteiger partial charge in [-0.25, -0.2) is 0 Å². The maximum Gasteiger partial charge on any atom is 0.302 e. The van der Waals surface area contributed by atoms with Crippen molar-refractivity contribution in [3.05, 3.63) is 0 Å². The number of terminal acetylenes is 1. The van der Waals surface area contributed by atoms with Gasteiger partial charge in [0.15, 0.2) is 0 Å². The molecule has 7 nitrogen and oxygen atoms in total. The van der Waals surface area contributed by atoms with E-state index in [9.17, 15) is 18.0 Å². The van der Waals surface area contributed by atoms with Gasteiger partial charge in [-0.2, -0.15) is 8.42 Å². The van der Waals surface area contributed by atoms with Crippen LogP contribution >= 0.6 is 0 Å². The fourth-order valence-corrected chi connectivity index (χ4v) is 10.6. The zero-order valence-corrected chi connectivity index (χ0v) is 27.4. The van der Waals surface area contributed by atoms with Gasteiger partial charge < -0.3 is 9.64 Å². The fourth-order valence-electron chi connectivity index (χ4n) is 9.92. The average molecular weight is 594 g/mol. The lowest BCUT2D eigenvalue weighted by molar-refractivity contribution is -0.191. The van der Waals surface area contributed by atoms with Crippen LogP contribution in [-0.2, 0) is 28.6 Å². The highest BCUT2D eigenvalue weighted by Gasteiger charge is 2.63. The van der Waals surface area contributed by atoms with Crippen LogP contribution in [-0.4, -0.2) is 57.8 Å². The largest absolute Gasteiger partial charge is 0.462 e. The summed E-state index contributed by atoms with van der Waals surface area (Å²) in [5.74, 6) is 3.65. The Kier molecular flexibility index (Phi) is 11.1. The van der Waals surface area contributed by atoms with Crippen LogP contribution in [0.3, 0.4) is 0 Å². The first kappa shape index (κ1) is 33.9. The van der Waals surface area contributed by atoms with Gasteiger partial charge in [-0.1, -0.05) is 34.1 Å². The Morgan fingerprint density at radius 3 is 2.29 bits per heavy atom. The number of ether oxygens (including phenoxy) is 1. The minimum atomic E-state index is -3.58. The topological polar surface area (TPSA) is 90.0 Å². The molecule has 0 radical (unpaired) electrons. The van der Waals surface area contributed by atoms with Crippen LogP contribution in [0.5, 0.6) is 0 Å². The molecule has 0 spiro atoms. The highest BCUT2D eigenvalue weighted by Crippen LogP contribution is 2.69. The predicted molar refractivity (Wildman–Crippen MR) is 162 cm³/mol. The molecule has 0 aromatic heterocycles. The number of rotatable bonds is 9. The lowest BCUT2D eigenvalue weighted by Gasteiger charge is -2.63. The zero-order chi connectivity index (χ0) is 30.8. The summed E-state index contributed by atoms with van der Waals surface area (Å²) >= 11 is 0. The molecule has 0 saturated heterocycles. The number of nitrogens with zero attached hydrogens (tertiary/aromatic N) is 1. The second-order valence-electron chi connectivity index (χ2n) is 14.2. The van der Waals surface area contributed by atoms with E-state index in [-0.39, 0.29) is 35.7 Å². The second-order valence-corrected chi connectivity index (χ2v) is 16.1. The number of esters is 1. The van der Waals surface area contributed by atoms with Gasteiger partial charge in [0.05, 0.1) is 12.9 Å². The molecular formula is C33H55NO6S. The van der Waals surface area contributed by atoms with Crippen LogP contribution in [0.1, 0.15) is 98.8 Å². The average Bonchev–Trinajstić information content (AvgIpc) is 3.29. The first-order valence-corrected chi connectivity index (χ1v) is 17.3. The summed E-state index contributed by atoms with van der Waals surface area (Å²) in [6, 6.07) is 0. The van der Waals surface area contributed by atoms with Crippen molar-refractivity contribution in [3.8, 4) is 12.8 Å². The number of carbonyl (C=O) groups is 2. The summed E-state index contributed by atoms with van der Waals surface area (Å²) in [4.78, 5) is 26.6. The molecule has 10 atom stereocenters. The van der Waals surface area contributed by atoms with Crippen LogP contribution in [0.2, 0.25) is 0 Å². The third-order valence-electron chi connectivity index (χ3n) is 12.2. The van der Waals surface area contributed by atoms with E-state index in [1.54, 1.807) is 14.0 Å². The van der Waals surface area contributed by atoms with E-state index in [0.29, 0.717) is 47.3 Å². The number of fused-ring (bicyclic) bond motifs is 5. The van der Waals surface area contributed by atoms with Gasteiger partial charge in [0.2, 0.25) is 5.91 Å². The molecule has 0 N–H and O–H groups in total. The lowest BCUT2D eigenvalue weighted by Crippen LogP contribution is -2.59. The molecule has 0 heterocycles. The maximum absolute atomic E-state index is 12.8. The number of hydrogen-bond acceptors (Lipinski definition) is 6. The van der Waals surface area contributed by atoms with E-state index in [2.05, 4.69) is 44.7 Å². The molecule has 8 heteroatoms. The Hall–Kier alpha value is -1.59. The molecule has 0 aromatic rings. The summed E-state index contributed by atoms with van der Waals surface area (Å²) in [7, 11) is -0.754. The molecule has 0 bridgehead atoms. The molecule has 0 aliphatic heterocycles. The SMILES string of the molecule is C#C.COS(=O)(=O)CCN(C)C(=O)CC[C@@H](C)[C@H]1CC[C@H]2[C@@H]3[C@H](OC(C)=O)C[C@@H]4C[C@H](C)CC[C@]4(C)[C@H]3CC[C@]12C. The Morgan fingerprint density at radius 2 is 1.66 bits per heavy atom. The summed E-state index contributed by atoms with van der Waals surface area (Å²) in [5.41, 5.74) is 0.553. The van der Waals surface area contributed by atoms with E-state index >= 15 is 0 Å². The monoisotopic (exact) mass is 593 g/mol. The van der Waals surface area contributed by atoms with Crippen LogP contribution < -0.4 is 0 Å². The first-order valence-electron chi connectivity index (χ1n) is 15.7. The Bertz CT molecular complexity index is 1060. The third kappa shape index (κ3) is 6.98. The number of carbonyl (C=O) groups excluding carboxylic acids is 2. The molecule has 4 aliphatic rings. The summed E-state index contributed by atoms with van der Waals surface area (Å²) in [5, 5.41) is 0. The third-order valence-corrected chi connectivity index (χ3v) is 13.4. The minimum absolute atomic E-state index is 0.00995. The lowest BCUT2D eigenvalue weighted by atomic mass is 9.43. The number of amides is 1. The zero-order valence-electron chi connectivity index (χ0n) is 26.6. The van der Waals surface area contributed by atoms with E-state index in [4.69, 9.17) is 4.74 Å². The van der Waals surface area contributed by atoms with E-state index < -0.39 is 10.1 Å². The van der Waals surface area contributed by atoms with Gasteiger partial charge in [-0.15, -0.1) is 12.8 Å². The van der Waals surface area contributed by atoms with Gasteiger partial charge in [-0.3, -0.25) is 13.8 Å². The molecule has 41 heavy (non-hydrogen) atoms. The molecule has 4 saturated carbocycles. The molecule has 4 rings (SSSR count). The van der Waals surface area contributed by atoms with Crippen molar-refractivity contribution in [3.63, 3.8) is 0 Å². The van der Waals surface area contributed by atoms with E-state index in [0.717, 1.165) is 25.9 Å². The van der Waals surface area contributed by atoms with Crippen molar-refractivity contribution < 1.29 is 26.9 Å². The van der Waals surface area contributed by atoms with Gasteiger partial charge in [-0.05, 0) is 97.7 Å². The van der Waals surface area contributed by atoms with Crippen molar-refractivity contribution in [2.45, 2.75) is 105 Å². The van der Waals surface area contributed by atoms with Crippen LogP contribution in [0.25, 0.3) is 0 Å². The van der Waals surface area contributed by atoms with Gasteiger partial charge in [0, 0.05) is 32.9 Å². The molecule has 234 valence electrons. The Morgan fingerprint density at radius 1 is 1.02 bits per heavy atom. The fraction of sp³-hybridized carbons (Fsp3) is 0.879. The smallest absolute Gasteiger partial charge is 0.302 e. The molecule has 4 aliphatic carbocycles. The van der Waals surface area contributed by atoms with Crippen LogP contribution in [0.4, 0.5) is 0 Å². The maximum atomic E-state index is 12.8.